The van der Waals surface area contributed by atoms with Crippen LogP contribution in [0, 0.1) is 5.82 Å². The molecule has 0 bridgehead atoms. The number of anilines is 1. The number of hydrogen-bond donors (Lipinski definition) is 2. The van der Waals surface area contributed by atoms with E-state index in [1.165, 1.54) is 6.07 Å². The molecular formula is C13H17FN2O. The van der Waals surface area contributed by atoms with Gasteiger partial charge in [0.1, 0.15) is 5.82 Å². The zero-order valence-electron chi connectivity index (χ0n) is 9.92. The minimum absolute atomic E-state index is 0.189. The summed E-state index contributed by atoms with van der Waals surface area (Å²) in [5, 5.41) is 5.84. The van der Waals surface area contributed by atoms with Gasteiger partial charge in [-0.2, -0.15) is 0 Å². The van der Waals surface area contributed by atoms with Crippen LogP contribution >= 0.6 is 0 Å². The summed E-state index contributed by atoms with van der Waals surface area (Å²) in [5.74, 6) is -0.562. The van der Waals surface area contributed by atoms with Gasteiger partial charge in [0.25, 0.3) is 5.91 Å². The summed E-state index contributed by atoms with van der Waals surface area (Å²) < 4.78 is 13.6. The molecular weight excluding hydrogens is 219 g/mol. The lowest BCUT2D eigenvalue weighted by Gasteiger charge is -2.12. The van der Waals surface area contributed by atoms with E-state index in [1.807, 2.05) is 6.92 Å². The van der Waals surface area contributed by atoms with Crippen LogP contribution in [-0.4, -0.2) is 18.5 Å². The normalized spacial score (nSPS) is 14.5. The Balaban J connectivity index is 2.17. The van der Waals surface area contributed by atoms with Gasteiger partial charge in [-0.1, -0.05) is 13.0 Å². The number of amides is 1. The number of nitrogens with one attached hydrogen (secondary N) is 2. The first-order chi connectivity index (χ1) is 8.22. The molecule has 4 heteroatoms. The first-order valence-corrected chi connectivity index (χ1v) is 6.05. The van der Waals surface area contributed by atoms with Gasteiger partial charge in [-0.15, -0.1) is 0 Å². The summed E-state index contributed by atoms with van der Waals surface area (Å²) in [7, 11) is 0. The Hall–Kier alpha value is -1.58. The van der Waals surface area contributed by atoms with Gasteiger partial charge in [0.05, 0.1) is 11.3 Å². The molecule has 2 N–H and O–H groups in total. The Morgan fingerprint density at radius 2 is 2.24 bits per heavy atom. The van der Waals surface area contributed by atoms with Crippen molar-refractivity contribution in [2.24, 2.45) is 0 Å². The van der Waals surface area contributed by atoms with Gasteiger partial charge in [0.2, 0.25) is 0 Å². The molecule has 3 nitrogen and oxygen atoms in total. The summed E-state index contributed by atoms with van der Waals surface area (Å²) >= 11 is 0. The fraction of sp³-hybridized carbons (Fsp3) is 0.462. The Morgan fingerprint density at radius 3 is 2.88 bits per heavy atom. The third-order valence-corrected chi connectivity index (χ3v) is 2.72. The van der Waals surface area contributed by atoms with Crippen LogP contribution in [0.5, 0.6) is 0 Å². The topological polar surface area (TPSA) is 41.1 Å². The van der Waals surface area contributed by atoms with E-state index in [0.717, 1.165) is 19.3 Å². The molecule has 1 aromatic carbocycles. The lowest BCUT2D eigenvalue weighted by molar-refractivity contribution is 0.0951. The molecule has 1 aliphatic rings. The van der Waals surface area contributed by atoms with E-state index < -0.39 is 0 Å². The van der Waals surface area contributed by atoms with Gasteiger partial charge < -0.3 is 10.6 Å². The van der Waals surface area contributed by atoms with Gasteiger partial charge in [-0.05, 0) is 31.4 Å². The number of benzene rings is 1. The number of para-hydroxylation sites is 1. The van der Waals surface area contributed by atoms with E-state index in [9.17, 15) is 9.18 Å². The van der Waals surface area contributed by atoms with Gasteiger partial charge >= 0.3 is 0 Å². The van der Waals surface area contributed by atoms with Crippen LogP contribution in [0.1, 0.15) is 36.5 Å². The molecule has 1 amide bonds. The molecule has 0 unspecified atom stereocenters. The summed E-state index contributed by atoms with van der Waals surface area (Å²) in [6, 6.07) is 4.86. The molecule has 2 rings (SSSR count). The highest BCUT2D eigenvalue weighted by Gasteiger charge is 2.25. The first-order valence-electron chi connectivity index (χ1n) is 6.05. The van der Waals surface area contributed by atoms with Crippen LogP contribution in [0.2, 0.25) is 0 Å². The highest BCUT2D eigenvalue weighted by atomic mass is 19.1. The minimum atomic E-state index is -0.373. The van der Waals surface area contributed by atoms with E-state index in [2.05, 4.69) is 10.6 Å². The predicted molar refractivity (Wildman–Crippen MR) is 65.7 cm³/mol. The zero-order valence-corrected chi connectivity index (χ0v) is 9.92. The van der Waals surface area contributed by atoms with Crippen molar-refractivity contribution in [3.63, 3.8) is 0 Å². The van der Waals surface area contributed by atoms with Crippen LogP contribution in [0.25, 0.3) is 0 Å². The van der Waals surface area contributed by atoms with Crippen molar-refractivity contribution < 1.29 is 9.18 Å². The van der Waals surface area contributed by atoms with Crippen LogP contribution in [0.4, 0.5) is 10.1 Å². The lowest BCUT2D eigenvalue weighted by atomic mass is 10.1. The van der Waals surface area contributed by atoms with E-state index >= 15 is 0 Å². The molecule has 1 aliphatic carbocycles. The van der Waals surface area contributed by atoms with Crippen LogP contribution < -0.4 is 10.6 Å². The third kappa shape index (κ3) is 2.96. The fourth-order valence-corrected chi connectivity index (χ4v) is 1.63. The standard InChI is InChI=1S/C13H17FN2O/c1-2-8-15-12-10(4-3-5-11(12)14)13(17)16-9-6-7-9/h3-5,9,15H,2,6-8H2,1H3,(H,16,17). The second-order valence-corrected chi connectivity index (χ2v) is 4.34. The average Bonchev–Trinajstić information content (AvgIpc) is 3.11. The molecule has 0 radical (unpaired) electrons. The van der Waals surface area contributed by atoms with Crippen LogP contribution in [-0.2, 0) is 0 Å². The van der Waals surface area contributed by atoms with Crippen molar-refractivity contribution >= 4 is 11.6 Å². The van der Waals surface area contributed by atoms with E-state index in [4.69, 9.17) is 0 Å². The summed E-state index contributed by atoms with van der Waals surface area (Å²) in [5.41, 5.74) is 0.706. The Kier molecular flexibility index (Phi) is 3.61. The second-order valence-electron chi connectivity index (χ2n) is 4.34. The molecule has 0 aromatic heterocycles. The molecule has 0 atom stereocenters. The Labute approximate surface area is 100 Å². The van der Waals surface area contributed by atoms with Crippen molar-refractivity contribution in [3.05, 3.63) is 29.6 Å². The molecule has 0 heterocycles. The van der Waals surface area contributed by atoms with Crippen molar-refractivity contribution in [2.75, 3.05) is 11.9 Å². The molecule has 0 saturated heterocycles. The molecule has 92 valence electrons. The van der Waals surface area contributed by atoms with Gasteiger partial charge in [0.15, 0.2) is 0 Å². The first kappa shape index (κ1) is 11.9. The largest absolute Gasteiger partial charge is 0.382 e. The number of rotatable bonds is 5. The smallest absolute Gasteiger partial charge is 0.253 e. The van der Waals surface area contributed by atoms with E-state index in [0.29, 0.717) is 17.8 Å². The maximum atomic E-state index is 13.6. The molecule has 17 heavy (non-hydrogen) atoms. The quantitative estimate of drug-likeness (QED) is 0.824. The highest BCUT2D eigenvalue weighted by molar-refractivity contribution is 6.00. The molecule has 1 aromatic rings. The SMILES string of the molecule is CCCNc1c(F)cccc1C(=O)NC1CC1. The fourth-order valence-electron chi connectivity index (χ4n) is 1.63. The summed E-state index contributed by atoms with van der Waals surface area (Å²) in [6.07, 6.45) is 2.94. The highest BCUT2D eigenvalue weighted by Crippen LogP contribution is 2.23. The Morgan fingerprint density at radius 1 is 1.47 bits per heavy atom. The van der Waals surface area contributed by atoms with Crippen LogP contribution in [0.3, 0.4) is 0 Å². The maximum absolute atomic E-state index is 13.6. The summed E-state index contributed by atoms with van der Waals surface area (Å²) in [6.45, 7) is 2.66. The van der Waals surface area contributed by atoms with Crippen molar-refractivity contribution in [1.29, 1.82) is 0 Å². The van der Waals surface area contributed by atoms with Gasteiger partial charge in [-0.25, -0.2) is 4.39 Å². The Bertz CT molecular complexity index is 416. The van der Waals surface area contributed by atoms with Gasteiger partial charge in [-0.3, -0.25) is 4.79 Å². The number of carbonyl (C=O) groups is 1. The van der Waals surface area contributed by atoms with Crippen LogP contribution in [0.15, 0.2) is 18.2 Å². The zero-order chi connectivity index (χ0) is 12.3. The lowest BCUT2D eigenvalue weighted by Crippen LogP contribution is -2.26. The minimum Gasteiger partial charge on any atom is -0.382 e. The summed E-state index contributed by atoms with van der Waals surface area (Å²) in [4.78, 5) is 11.9. The average molecular weight is 236 g/mol. The predicted octanol–water partition coefficient (Wildman–Crippen LogP) is 2.54. The maximum Gasteiger partial charge on any atom is 0.253 e. The molecule has 1 fully saturated rings. The van der Waals surface area contributed by atoms with E-state index in [1.54, 1.807) is 12.1 Å². The number of hydrogen-bond acceptors (Lipinski definition) is 2. The van der Waals surface area contributed by atoms with E-state index in [-0.39, 0.29) is 17.8 Å². The second kappa shape index (κ2) is 5.17. The van der Waals surface area contributed by atoms with Crippen molar-refractivity contribution in [1.82, 2.24) is 5.32 Å². The van der Waals surface area contributed by atoms with Crippen molar-refractivity contribution in [2.45, 2.75) is 32.2 Å². The third-order valence-electron chi connectivity index (χ3n) is 2.72. The van der Waals surface area contributed by atoms with Crippen molar-refractivity contribution in [3.8, 4) is 0 Å². The monoisotopic (exact) mass is 236 g/mol. The van der Waals surface area contributed by atoms with Gasteiger partial charge in [0, 0.05) is 12.6 Å². The molecule has 0 aliphatic heterocycles. The molecule has 0 spiro atoms. The molecule has 1 saturated carbocycles. The number of halogens is 1. The number of carbonyl (C=O) groups excluding carboxylic acids is 1.